The van der Waals surface area contributed by atoms with Crippen molar-refractivity contribution in [1.82, 2.24) is 15.3 Å². The van der Waals surface area contributed by atoms with Gasteiger partial charge in [0.05, 0.1) is 12.4 Å². The summed E-state index contributed by atoms with van der Waals surface area (Å²) in [6, 6.07) is 0.487. The Labute approximate surface area is 115 Å². The highest BCUT2D eigenvalue weighted by Gasteiger charge is 2.14. The van der Waals surface area contributed by atoms with Crippen molar-refractivity contribution in [1.29, 1.82) is 0 Å². The molecule has 18 heavy (non-hydrogen) atoms. The zero-order chi connectivity index (χ0) is 12.8. The Morgan fingerprint density at radius 2 is 2.33 bits per heavy atom. The number of amides is 1. The standard InChI is InChI=1S/C12H17BrN4O/c13-10-7-16-11(8-15-10)17-12(18)5-4-9-3-1-2-6-14-9/h7-9,14H,1-6H2,(H,16,17,18). The van der Waals surface area contributed by atoms with Crippen LogP contribution in [0.3, 0.4) is 0 Å². The predicted molar refractivity (Wildman–Crippen MR) is 73.2 cm³/mol. The molecule has 5 nitrogen and oxygen atoms in total. The Morgan fingerprint density at radius 1 is 1.44 bits per heavy atom. The van der Waals surface area contributed by atoms with Gasteiger partial charge in [0.2, 0.25) is 5.91 Å². The van der Waals surface area contributed by atoms with Crippen molar-refractivity contribution in [2.24, 2.45) is 0 Å². The Balaban J connectivity index is 1.73. The van der Waals surface area contributed by atoms with Gasteiger partial charge in [-0.15, -0.1) is 0 Å². The van der Waals surface area contributed by atoms with Crippen molar-refractivity contribution in [3.8, 4) is 0 Å². The molecule has 2 rings (SSSR count). The summed E-state index contributed by atoms with van der Waals surface area (Å²) in [6.07, 6.45) is 8.20. The predicted octanol–water partition coefficient (Wildman–Crippen LogP) is 2.10. The Kier molecular flexibility index (Phi) is 5.07. The molecule has 0 saturated carbocycles. The first-order valence-corrected chi connectivity index (χ1v) is 7.04. The van der Waals surface area contributed by atoms with E-state index in [2.05, 4.69) is 36.5 Å². The molecule has 98 valence electrons. The number of carbonyl (C=O) groups excluding carboxylic acids is 1. The average Bonchev–Trinajstić information content (AvgIpc) is 2.40. The number of halogens is 1. The molecular weight excluding hydrogens is 296 g/mol. The van der Waals surface area contributed by atoms with E-state index in [0.717, 1.165) is 13.0 Å². The van der Waals surface area contributed by atoms with Crippen LogP contribution < -0.4 is 10.6 Å². The van der Waals surface area contributed by atoms with Gasteiger partial charge in [0.15, 0.2) is 5.82 Å². The van der Waals surface area contributed by atoms with Gasteiger partial charge < -0.3 is 10.6 Å². The van der Waals surface area contributed by atoms with E-state index in [0.29, 0.717) is 22.9 Å². The molecule has 1 atom stereocenters. The molecule has 0 aliphatic carbocycles. The highest BCUT2D eigenvalue weighted by Crippen LogP contribution is 2.12. The number of rotatable bonds is 4. The molecule has 1 aromatic rings. The fourth-order valence-electron chi connectivity index (χ4n) is 2.06. The van der Waals surface area contributed by atoms with E-state index in [1.165, 1.54) is 19.3 Å². The van der Waals surface area contributed by atoms with Gasteiger partial charge in [0.25, 0.3) is 0 Å². The second kappa shape index (κ2) is 6.80. The van der Waals surface area contributed by atoms with Gasteiger partial charge in [-0.25, -0.2) is 9.97 Å². The first kappa shape index (κ1) is 13.4. The summed E-state index contributed by atoms with van der Waals surface area (Å²) in [5, 5.41) is 6.18. The van der Waals surface area contributed by atoms with Gasteiger partial charge in [-0.05, 0) is 41.7 Å². The molecule has 0 spiro atoms. The second-order valence-electron chi connectivity index (χ2n) is 4.46. The van der Waals surface area contributed by atoms with Crippen LogP contribution in [0.4, 0.5) is 5.82 Å². The third-order valence-corrected chi connectivity index (χ3v) is 3.43. The summed E-state index contributed by atoms with van der Waals surface area (Å²) in [4.78, 5) is 19.8. The molecule has 2 N–H and O–H groups in total. The van der Waals surface area contributed by atoms with Crippen LogP contribution in [0.15, 0.2) is 17.0 Å². The minimum absolute atomic E-state index is 0.000930. The fraction of sp³-hybridized carbons (Fsp3) is 0.583. The van der Waals surface area contributed by atoms with Gasteiger partial charge in [-0.3, -0.25) is 4.79 Å². The topological polar surface area (TPSA) is 66.9 Å². The fourth-order valence-corrected chi connectivity index (χ4v) is 2.26. The van der Waals surface area contributed by atoms with Crippen LogP contribution >= 0.6 is 15.9 Å². The number of hydrogen-bond donors (Lipinski definition) is 2. The molecule has 2 heterocycles. The highest BCUT2D eigenvalue weighted by molar-refractivity contribution is 9.10. The van der Waals surface area contributed by atoms with E-state index < -0.39 is 0 Å². The summed E-state index contributed by atoms with van der Waals surface area (Å²) in [7, 11) is 0. The number of nitrogens with one attached hydrogen (secondary N) is 2. The van der Waals surface area contributed by atoms with E-state index in [1.807, 2.05) is 0 Å². The van der Waals surface area contributed by atoms with Gasteiger partial charge in [-0.2, -0.15) is 0 Å². The van der Waals surface area contributed by atoms with Crippen LogP contribution in [0.5, 0.6) is 0 Å². The average molecular weight is 313 g/mol. The molecule has 0 bridgehead atoms. The van der Waals surface area contributed by atoms with E-state index >= 15 is 0 Å². The van der Waals surface area contributed by atoms with Crippen molar-refractivity contribution in [3.05, 3.63) is 17.0 Å². The smallest absolute Gasteiger partial charge is 0.225 e. The minimum atomic E-state index is -0.000930. The van der Waals surface area contributed by atoms with Crippen molar-refractivity contribution in [3.63, 3.8) is 0 Å². The molecule has 0 aromatic carbocycles. The number of anilines is 1. The van der Waals surface area contributed by atoms with Crippen LogP contribution in [0, 0.1) is 0 Å². The summed E-state index contributed by atoms with van der Waals surface area (Å²) < 4.78 is 0.659. The SMILES string of the molecule is O=C(CCC1CCCCN1)Nc1cnc(Br)cn1. The minimum Gasteiger partial charge on any atom is -0.314 e. The van der Waals surface area contributed by atoms with Crippen molar-refractivity contribution in [2.45, 2.75) is 38.1 Å². The van der Waals surface area contributed by atoms with E-state index in [-0.39, 0.29) is 5.91 Å². The highest BCUT2D eigenvalue weighted by atomic mass is 79.9. The van der Waals surface area contributed by atoms with Crippen molar-refractivity contribution >= 4 is 27.7 Å². The van der Waals surface area contributed by atoms with Gasteiger partial charge >= 0.3 is 0 Å². The van der Waals surface area contributed by atoms with Crippen LogP contribution in [-0.4, -0.2) is 28.5 Å². The molecule has 1 aliphatic heterocycles. The molecule has 1 fully saturated rings. The maximum atomic E-state index is 11.7. The zero-order valence-electron chi connectivity index (χ0n) is 10.2. The molecule has 1 saturated heterocycles. The summed E-state index contributed by atoms with van der Waals surface area (Å²) in [5.74, 6) is 0.499. The lowest BCUT2D eigenvalue weighted by Gasteiger charge is -2.22. The van der Waals surface area contributed by atoms with E-state index in [9.17, 15) is 4.79 Å². The number of carbonyl (C=O) groups is 1. The van der Waals surface area contributed by atoms with E-state index in [1.54, 1.807) is 12.4 Å². The lowest BCUT2D eigenvalue weighted by molar-refractivity contribution is -0.116. The summed E-state index contributed by atoms with van der Waals surface area (Å²) >= 11 is 3.20. The third kappa shape index (κ3) is 4.34. The molecule has 0 radical (unpaired) electrons. The molecular formula is C12H17BrN4O. The second-order valence-corrected chi connectivity index (χ2v) is 5.27. The molecule has 1 aromatic heterocycles. The van der Waals surface area contributed by atoms with Crippen LogP contribution in [0.2, 0.25) is 0 Å². The molecule has 1 aliphatic rings. The van der Waals surface area contributed by atoms with Gasteiger partial charge in [-0.1, -0.05) is 6.42 Å². The van der Waals surface area contributed by atoms with Gasteiger partial charge in [0.1, 0.15) is 4.60 Å². The number of piperidine rings is 1. The molecule has 6 heteroatoms. The first-order valence-electron chi connectivity index (χ1n) is 6.25. The lowest BCUT2D eigenvalue weighted by atomic mass is 10.0. The normalized spacial score (nSPS) is 19.5. The van der Waals surface area contributed by atoms with E-state index in [4.69, 9.17) is 0 Å². The van der Waals surface area contributed by atoms with Crippen molar-refractivity contribution < 1.29 is 4.79 Å². The zero-order valence-corrected chi connectivity index (χ0v) is 11.7. The maximum Gasteiger partial charge on any atom is 0.225 e. The Morgan fingerprint density at radius 3 is 3.00 bits per heavy atom. The molecule has 1 amide bonds. The maximum absolute atomic E-state index is 11.7. The van der Waals surface area contributed by atoms with Gasteiger partial charge in [0, 0.05) is 12.5 Å². The quantitative estimate of drug-likeness (QED) is 0.893. The first-order chi connectivity index (χ1) is 8.74. The van der Waals surface area contributed by atoms with Crippen LogP contribution in [0.1, 0.15) is 32.1 Å². The van der Waals surface area contributed by atoms with Crippen molar-refractivity contribution in [2.75, 3.05) is 11.9 Å². The third-order valence-electron chi connectivity index (χ3n) is 3.02. The number of hydrogen-bond acceptors (Lipinski definition) is 4. The largest absolute Gasteiger partial charge is 0.314 e. The monoisotopic (exact) mass is 312 g/mol. The Bertz CT molecular complexity index is 390. The Hall–Kier alpha value is -1.01. The summed E-state index contributed by atoms with van der Waals surface area (Å²) in [5.41, 5.74) is 0. The number of nitrogens with zero attached hydrogens (tertiary/aromatic N) is 2. The molecule has 1 unspecified atom stereocenters. The van der Waals surface area contributed by atoms with Crippen LogP contribution in [0.25, 0.3) is 0 Å². The van der Waals surface area contributed by atoms with Crippen LogP contribution in [-0.2, 0) is 4.79 Å². The number of aromatic nitrogens is 2. The lowest BCUT2D eigenvalue weighted by Crippen LogP contribution is -2.34. The summed E-state index contributed by atoms with van der Waals surface area (Å²) in [6.45, 7) is 1.07.